The second-order valence-electron chi connectivity index (χ2n) is 4.62. The fourth-order valence-corrected chi connectivity index (χ4v) is 1.86. The maximum atomic E-state index is 9.79. The van der Waals surface area contributed by atoms with Gasteiger partial charge in [0, 0.05) is 5.69 Å². The minimum Gasteiger partial charge on any atom is -0.506 e. The number of nitrogens with one attached hydrogen (secondary N) is 1. The molecule has 2 rings (SSSR count). The van der Waals surface area contributed by atoms with Crippen molar-refractivity contribution in [2.75, 3.05) is 11.9 Å². The van der Waals surface area contributed by atoms with Gasteiger partial charge in [-0.15, -0.1) is 0 Å². The number of para-hydroxylation sites is 2. The summed E-state index contributed by atoms with van der Waals surface area (Å²) in [4.78, 5) is 4.33. The summed E-state index contributed by atoms with van der Waals surface area (Å²) in [7, 11) is 0. The molecule has 0 aliphatic rings. The number of aromatic nitrogens is 1. The highest BCUT2D eigenvalue weighted by molar-refractivity contribution is 5.56. The summed E-state index contributed by atoms with van der Waals surface area (Å²) in [6.07, 6.45) is 0.967. The standard InChI is InChI=1S/C16H20N2O2/c1-3-10-20-16-7-5-4-6-13(16)17-11-14-15(19)9-8-12(2)18-14/h4-9,17,19H,3,10-11H2,1-2H3. The van der Waals surface area contributed by atoms with E-state index >= 15 is 0 Å². The quantitative estimate of drug-likeness (QED) is 0.845. The maximum Gasteiger partial charge on any atom is 0.142 e. The number of nitrogens with zero attached hydrogens (tertiary/aromatic N) is 1. The molecule has 0 radical (unpaired) electrons. The van der Waals surface area contributed by atoms with E-state index in [0.717, 1.165) is 23.6 Å². The van der Waals surface area contributed by atoms with Gasteiger partial charge in [0.15, 0.2) is 0 Å². The lowest BCUT2D eigenvalue weighted by atomic mass is 10.2. The Labute approximate surface area is 119 Å². The summed E-state index contributed by atoms with van der Waals surface area (Å²) in [6.45, 7) is 5.12. The number of rotatable bonds is 6. The molecule has 20 heavy (non-hydrogen) atoms. The summed E-state index contributed by atoms with van der Waals surface area (Å²) < 4.78 is 5.68. The molecule has 1 aromatic carbocycles. The molecule has 0 aliphatic heterocycles. The van der Waals surface area contributed by atoms with Crippen LogP contribution in [0, 0.1) is 6.92 Å². The van der Waals surface area contributed by atoms with Crippen molar-refractivity contribution in [1.82, 2.24) is 4.98 Å². The first-order valence-corrected chi connectivity index (χ1v) is 6.82. The Morgan fingerprint density at radius 2 is 2.00 bits per heavy atom. The molecule has 106 valence electrons. The normalized spacial score (nSPS) is 10.3. The molecule has 0 atom stereocenters. The van der Waals surface area contributed by atoms with Crippen molar-refractivity contribution in [3.63, 3.8) is 0 Å². The number of hydrogen-bond acceptors (Lipinski definition) is 4. The first-order valence-electron chi connectivity index (χ1n) is 6.82. The van der Waals surface area contributed by atoms with Crippen molar-refractivity contribution >= 4 is 5.69 Å². The predicted molar refractivity (Wildman–Crippen MR) is 80.2 cm³/mol. The molecule has 2 aromatic rings. The van der Waals surface area contributed by atoms with Gasteiger partial charge in [0.2, 0.25) is 0 Å². The van der Waals surface area contributed by atoms with Gasteiger partial charge in [-0.1, -0.05) is 19.1 Å². The van der Waals surface area contributed by atoms with Crippen LogP contribution in [0.15, 0.2) is 36.4 Å². The molecule has 0 aliphatic carbocycles. The summed E-state index contributed by atoms with van der Waals surface area (Å²) in [6, 6.07) is 11.2. The number of aromatic hydroxyl groups is 1. The van der Waals surface area contributed by atoms with E-state index in [1.807, 2.05) is 31.2 Å². The second kappa shape index (κ2) is 6.80. The fourth-order valence-electron chi connectivity index (χ4n) is 1.86. The zero-order valence-electron chi connectivity index (χ0n) is 11.9. The van der Waals surface area contributed by atoms with Gasteiger partial charge < -0.3 is 15.2 Å². The first-order chi connectivity index (χ1) is 9.70. The minimum atomic E-state index is 0.204. The third-order valence-electron chi connectivity index (χ3n) is 2.88. The van der Waals surface area contributed by atoms with Crippen LogP contribution in [0.3, 0.4) is 0 Å². The Morgan fingerprint density at radius 1 is 1.20 bits per heavy atom. The van der Waals surface area contributed by atoms with E-state index < -0.39 is 0 Å². The van der Waals surface area contributed by atoms with Crippen LogP contribution >= 0.6 is 0 Å². The highest BCUT2D eigenvalue weighted by Gasteiger charge is 2.06. The van der Waals surface area contributed by atoms with Crippen molar-refractivity contribution in [2.45, 2.75) is 26.8 Å². The summed E-state index contributed by atoms with van der Waals surface area (Å²) in [5, 5.41) is 13.0. The molecule has 0 saturated heterocycles. The molecule has 0 bridgehead atoms. The van der Waals surface area contributed by atoms with Crippen LogP contribution in [-0.4, -0.2) is 16.7 Å². The van der Waals surface area contributed by atoms with E-state index in [4.69, 9.17) is 4.74 Å². The molecule has 1 heterocycles. The van der Waals surface area contributed by atoms with E-state index in [-0.39, 0.29) is 5.75 Å². The zero-order chi connectivity index (χ0) is 14.4. The molecule has 2 N–H and O–H groups in total. The summed E-state index contributed by atoms with van der Waals surface area (Å²) in [5.41, 5.74) is 2.43. The van der Waals surface area contributed by atoms with Crippen LogP contribution in [0.25, 0.3) is 0 Å². The van der Waals surface area contributed by atoms with Gasteiger partial charge in [-0.3, -0.25) is 4.98 Å². The molecular formula is C16H20N2O2. The van der Waals surface area contributed by atoms with E-state index in [9.17, 15) is 5.11 Å². The predicted octanol–water partition coefficient (Wildman–Crippen LogP) is 3.50. The number of hydrogen-bond donors (Lipinski definition) is 2. The molecule has 1 aromatic heterocycles. The van der Waals surface area contributed by atoms with E-state index in [1.54, 1.807) is 12.1 Å². The largest absolute Gasteiger partial charge is 0.506 e. The molecule has 0 spiro atoms. The maximum absolute atomic E-state index is 9.79. The van der Waals surface area contributed by atoms with Crippen LogP contribution in [0.5, 0.6) is 11.5 Å². The highest BCUT2D eigenvalue weighted by Crippen LogP contribution is 2.25. The number of anilines is 1. The number of pyridine rings is 1. The monoisotopic (exact) mass is 272 g/mol. The van der Waals surface area contributed by atoms with E-state index in [2.05, 4.69) is 17.2 Å². The van der Waals surface area contributed by atoms with E-state index in [1.165, 1.54) is 0 Å². The Morgan fingerprint density at radius 3 is 2.80 bits per heavy atom. The number of aryl methyl sites for hydroxylation is 1. The van der Waals surface area contributed by atoms with Gasteiger partial charge in [0.25, 0.3) is 0 Å². The Hall–Kier alpha value is -2.23. The first kappa shape index (κ1) is 14.2. The molecular weight excluding hydrogens is 252 g/mol. The van der Waals surface area contributed by atoms with Gasteiger partial charge in [-0.25, -0.2) is 0 Å². The average Bonchev–Trinajstić information content (AvgIpc) is 2.47. The number of ether oxygens (including phenoxy) is 1. The van der Waals surface area contributed by atoms with Crippen LogP contribution < -0.4 is 10.1 Å². The third kappa shape index (κ3) is 3.63. The molecule has 4 heteroatoms. The van der Waals surface area contributed by atoms with Crippen LogP contribution in [-0.2, 0) is 6.54 Å². The van der Waals surface area contributed by atoms with Gasteiger partial charge in [0.05, 0.1) is 18.8 Å². The van der Waals surface area contributed by atoms with Gasteiger partial charge >= 0.3 is 0 Å². The lowest BCUT2D eigenvalue weighted by Gasteiger charge is -2.13. The summed E-state index contributed by atoms with van der Waals surface area (Å²) >= 11 is 0. The van der Waals surface area contributed by atoms with Crippen molar-refractivity contribution < 1.29 is 9.84 Å². The van der Waals surface area contributed by atoms with E-state index in [0.29, 0.717) is 18.8 Å². The van der Waals surface area contributed by atoms with Crippen molar-refractivity contribution in [3.8, 4) is 11.5 Å². The topological polar surface area (TPSA) is 54.4 Å². The molecule has 0 saturated carbocycles. The molecule has 0 amide bonds. The lowest BCUT2D eigenvalue weighted by Crippen LogP contribution is -2.05. The lowest BCUT2D eigenvalue weighted by molar-refractivity contribution is 0.319. The van der Waals surface area contributed by atoms with Crippen LogP contribution in [0.2, 0.25) is 0 Å². The molecule has 0 unspecified atom stereocenters. The fraction of sp³-hybridized carbons (Fsp3) is 0.312. The van der Waals surface area contributed by atoms with Crippen LogP contribution in [0.4, 0.5) is 5.69 Å². The van der Waals surface area contributed by atoms with Gasteiger partial charge in [-0.05, 0) is 37.6 Å². The minimum absolute atomic E-state index is 0.204. The third-order valence-corrected chi connectivity index (χ3v) is 2.88. The smallest absolute Gasteiger partial charge is 0.142 e. The summed E-state index contributed by atoms with van der Waals surface area (Å²) in [5.74, 6) is 1.02. The van der Waals surface area contributed by atoms with Gasteiger partial charge in [-0.2, -0.15) is 0 Å². The van der Waals surface area contributed by atoms with Crippen molar-refractivity contribution in [1.29, 1.82) is 0 Å². The number of benzene rings is 1. The zero-order valence-corrected chi connectivity index (χ0v) is 11.9. The molecule has 0 fully saturated rings. The van der Waals surface area contributed by atoms with Gasteiger partial charge in [0.1, 0.15) is 17.2 Å². The Balaban J connectivity index is 2.08. The van der Waals surface area contributed by atoms with Crippen molar-refractivity contribution in [2.24, 2.45) is 0 Å². The molecule has 4 nitrogen and oxygen atoms in total. The van der Waals surface area contributed by atoms with Crippen molar-refractivity contribution in [3.05, 3.63) is 47.8 Å². The SMILES string of the molecule is CCCOc1ccccc1NCc1nc(C)ccc1O. The average molecular weight is 272 g/mol. The Bertz CT molecular complexity index is 570. The Kier molecular flexibility index (Phi) is 4.82. The second-order valence-corrected chi connectivity index (χ2v) is 4.62. The van der Waals surface area contributed by atoms with Crippen LogP contribution in [0.1, 0.15) is 24.7 Å². The highest BCUT2D eigenvalue weighted by atomic mass is 16.5.